The summed E-state index contributed by atoms with van der Waals surface area (Å²) in [4.78, 5) is 9.24. The van der Waals surface area contributed by atoms with Crippen LogP contribution in [0.3, 0.4) is 0 Å². The van der Waals surface area contributed by atoms with E-state index in [1.165, 1.54) is 0 Å². The summed E-state index contributed by atoms with van der Waals surface area (Å²) in [6, 6.07) is 17.6. The molecule has 1 aromatic heterocycles. The van der Waals surface area contributed by atoms with Gasteiger partial charge in [-0.1, -0.05) is 45.7 Å². The Labute approximate surface area is 147 Å². The number of fused-ring (bicyclic) bond motifs is 2. The van der Waals surface area contributed by atoms with Crippen LogP contribution in [0.15, 0.2) is 70.3 Å². The van der Waals surface area contributed by atoms with Crippen LogP contribution in [0.25, 0.3) is 0 Å². The zero-order valence-electron chi connectivity index (χ0n) is 11.9. The van der Waals surface area contributed by atoms with E-state index in [2.05, 4.69) is 26.2 Å². The first-order valence-corrected chi connectivity index (χ1v) is 8.25. The molecule has 1 aliphatic heterocycles. The SMILES string of the molecule is Clc1ccc2c(c1)C(c1ccccc1Br)=Nc1cccnc1N2. The van der Waals surface area contributed by atoms with Crippen LogP contribution < -0.4 is 5.32 Å². The molecule has 2 heterocycles. The molecule has 3 aromatic rings. The Hall–Kier alpha value is -2.17. The molecule has 4 rings (SSSR count). The fourth-order valence-electron chi connectivity index (χ4n) is 2.57. The molecule has 3 nitrogen and oxygen atoms in total. The van der Waals surface area contributed by atoms with Crippen LogP contribution in [0.2, 0.25) is 5.02 Å². The normalized spacial score (nSPS) is 12.5. The highest BCUT2D eigenvalue weighted by Gasteiger charge is 2.20. The number of benzene rings is 2. The zero-order valence-corrected chi connectivity index (χ0v) is 14.3. The maximum Gasteiger partial charge on any atom is 0.156 e. The first kappa shape index (κ1) is 14.4. The Morgan fingerprint density at radius 3 is 2.70 bits per heavy atom. The zero-order chi connectivity index (χ0) is 15.8. The number of aliphatic imine (C=N–C) groups is 1. The highest BCUT2D eigenvalue weighted by molar-refractivity contribution is 9.10. The maximum atomic E-state index is 6.22. The summed E-state index contributed by atoms with van der Waals surface area (Å²) in [5, 5.41) is 4.02. The predicted molar refractivity (Wildman–Crippen MR) is 98.4 cm³/mol. The molecule has 0 saturated heterocycles. The van der Waals surface area contributed by atoms with Crippen LogP contribution in [-0.2, 0) is 0 Å². The molecular weight excluding hydrogens is 374 g/mol. The summed E-state index contributed by atoms with van der Waals surface area (Å²) in [5.41, 5.74) is 4.54. The van der Waals surface area contributed by atoms with Crippen LogP contribution in [-0.4, -0.2) is 10.7 Å². The smallest absolute Gasteiger partial charge is 0.156 e. The van der Waals surface area contributed by atoms with Gasteiger partial charge in [-0.05, 0) is 36.4 Å². The van der Waals surface area contributed by atoms with Crippen LogP contribution >= 0.6 is 27.5 Å². The Morgan fingerprint density at radius 2 is 1.83 bits per heavy atom. The van der Waals surface area contributed by atoms with E-state index in [-0.39, 0.29) is 0 Å². The third-order valence-electron chi connectivity index (χ3n) is 3.64. The minimum Gasteiger partial charge on any atom is -0.338 e. The number of rotatable bonds is 1. The lowest BCUT2D eigenvalue weighted by atomic mass is 10.0. The highest BCUT2D eigenvalue weighted by atomic mass is 79.9. The number of pyridine rings is 1. The average molecular weight is 385 g/mol. The van der Waals surface area contributed by atoms with Gasteiger partial charge in [-0.15, -0.1) is 0 Å². The van der Waals surface area contributed by atoms with Crippen molar-refractivity contribution in [3.63, 3.8) is 0 Å². The molecule has 0 unspecified atom stereocenters. The molecule has 0 spiro atoms. The van der Waals surface area contributed by atoms with Crippen LogP contribution in [0.4, 0.5) is 17.2 Å². The minimum absolute atomic E-state index is 0.671. The summed E-state index contributed by atoms with van der Waals surface area (Å²) < 4.78 is 0.983. The molecule has 0 amide bonds. The second-order valence-electron chi connectivity index (χ2n) is 5.13. The molecule has 2 aromatic carbocycles. The number of anilines is 2. The summed E-state index contributed by atoms with van der Waals surface area (Å²) in [7, 11) is 0. The monoisotopic (exact) mass is 383 g/mol. The topological polar surface area (TPSA) is 37.3 Å². The van der Waals surface area contributed by atoms with Crippen LogP contribution in [0.1, 0.15) is 11.1 Å². The Kier molecular flexibility index (Phi) is 3.63. The highest BCUT2D eigenvalue weighted by Crippen LogP contribution is 2.36. The lowest BCUT2D eigenvalue weighted by molar-refractivity contribution is 1.30. The first-order chi connectivity index (χ1) is 11.2. The van der Waals surface area contributed by atoms with Gasteiger partial charge in [0.15, 0.2) is 5.82 Å². The quantitative estimate of drug-likeness (QED) is 0.455. The predicted octanol–water partition coefficient (Wildman–Crippen LogP) is 5.72. The fourth-order valence-corrected chi connectivity index (χ4v) is 3.22. The summed E-state index contributed by atoms with van der Waals surface area (Å²) in [5.74, 6) is 0.734. The van der Waals surface area contributed by atoms with Gasteiger partial charge in [0.1, 0.15) is 5.69 Å². The molecule has 0 radical (unpaired) electrons. The van der Waals surface area contributed by atoms with Gasteiger partial charge in [-0.2, -0.15) is 0 Å². The molecular formula is C18H11BrClN3. The Morgan fingerprint density at radius 1 is 0.957 bits per heavy atom. The lowest BCUT2D eigenvalue weighted by Gasteiger charge is -2.12. The van der Waals surface area contributed by atoms with Crippen molar-refractivity contribution in [3.05, 3.63) is 81.4 Å². The van der Waals surface area contributed by atoms with E-state index in [4.69, 9.17) is 16.6 Å². The molecule has 0 saturated carbocycles. The molecule has 23 heavy (non-hydrogen) atoms. The van der Waals surface area contributed by atoms with Crippen LogP contribution in [0, 0.1) is 0 Å². The second kappa shape index (κ2) is 5.80. The summed E-state index contributed by atoms with van der Waals surface area (Å²) in [6.07, 6.45) is 1.75. The number of hydrogen-bond donors (Lipinski definition) is 1. The van der Waals surface area contributed by atoms with Crippen molar-refractivity contribution in [2.75, 3.05) is 5.32 Å². The molecule has 1 aliphatic rings. The number of aromatic nitrogens is 1. The maximum absolute atomic E-state index is 6.22. The van der Waals surface area contributed by atoms with Gasteiger partial charge in [-0.3, -0.25) is 0 Å². The van der Waals surface area contributed by atoms with E-state index in [0.717, 1.165) is 38.5 Å². The largest absolute Gasteiger partial charge is 0.338 e. The molecule has 0 fully saturated rings. The summed E-state index contributed by atoms with van der Waals surface area (Å²) in [6.45, 7) is 0. The number of nitrogens with zero attached hydrogens (tertiary/aromatic N) is 2. The first-order valence-electron chi connectivity index (χ1n) is 7.08. The average Bonchev–Trinajstić information content (AvgIpc) is 2.72. The van der Waals surface area contributed by atoms with E-state index in [0.29, 0.717) is 5.02 Å². The third kappa shape index (κ3) is 2.64. The fraction of sp³-hybridized carbons (Fsp3) is 0. The van der Waals surface area contributed by atoms with Gasteiger partial charge in [0, 0.05) is 32.5 Å². The number of nitrogens with one attached hydrogen (secondary N) is 1. The third-order valence-corrected chi connectivity index (χ3v) is 4.56. The molecule has 0 atom stereocenters. The van der Waals surface area contributed by atoms with E-state index < -0.39 is 0 Å². The van der Waals surface area contributed by atoms with Crippen molar-refractivity contribution in [2.24, 2.45) is 4.99 Å². The van der Waals surface area contributed by atoms with E-state index >= 15 is 0 Å². The van der Waals surface area contributed by atoms with Crippen molar-refractivity contribution in [3.8, 4) is 0 Å². The van der Waals surface area contributed by atoms with Gasteiger partial charge < -0.3 is 5.32 Å². The van der Waals surface area contributed by atoms with E-state index in [1.54, 1.807) is 6.20 Å². The van der Waals surface area contributed by atoms with Gasteiger partial charge in [-0.25, -0.2) is 9.98 Å². The van der Waals surface area contributed by atoms with Gasteiger partial charge in [0.2, 0.25) is 0 Å². The van der Waals surface area contributed by atoms with Crippen molar-refractivity contribution < 1.29 is 0 Å². The number of halogens is 2. The Balaban J connectivity index is 2.04. The van der Waals surface area contributed by atoms with Gasteiger partial charge in [0.05, 0.1) is 5.71 Å². The lowest BCUT2D eigenvalue weighted by Crippen LogP contribution is -2.05. The van der Waals surface area contributed by atoms with Crippen molar-refractivity contribution in [1.82, 2.24) is 4.98 Å². The molecule has 1 N–H and O–H groups in total. The van der Waals surface area contributed by atoms with Crippen molar-refractivity contribution >= 4 is 50.4 Å². The summed E-state index contributed by atoms with van der Waals surface area (Å²) >= 11 is 9.84. The minimum atomic E-state index is 0.671. The molecule has 5 heteroatoms. The Bertz CT molecular complexity index is 937. The van der Waals surface area contributed by atoms with Crippen molar-refractivity contribution in [2.45, 2.75) is 0 Å². The van der Waals surface area contributed by atoms with E-state index in [9.17, 15) is 0 Å². The van der Waals surface area contributed by atoms with Crippen LogP contribution in [0.5, 0.6) is 0 Å². The molecule has 0 aliphatic carbocycles. The molecule has 112 valence electrons. The molecule has 0 bridgehead atoms. The number of hydrogen-bond acceptors (Lipinski definition) is 3. The second-order valence-corrected chi connectivity index (χ2v) is 6.42. The van der Waals surface area contributed by atoms with E-state index in [1.807, 2.05) is 54.6 Å². The van der Waals surface area contributed by atoms with Gasteiger partial charge >= 0.3 is 0 Å². The standard InChI is InChI=1S/C18H11BrClN3/c19-14-5-2-1-4-12(14)17-13-10-11(20)7-8-15(13)23-18-16(22-17)6-3-9-21-18/h1-10H,(H,21,23). The van der Waals surface area contributed by atoms with Gasteiger partial charge in [0.25, 0.3) is 0 Å². The van der Waals surface area contributed by atoms with Crippen molar-refractivity contribution in [1.29, 1.82) is 0 Å².